The van der Waals surface area contributed by atoms with Crippen LogP contribution >= 0.6 is 0 Å². The lowest BCUT2D eigenvalue weighted by molar-refractivity contribution is -0.135. The topological polar surface area (TPSA) is 89.1 Å². The molecule has 9 heteroatoms. The number of carbonyl (C=O) groups is 1. The number of anilines is 3. The van der Waals surface area contributed by atoms with E-state index in [2.05, 4.69) is 10.2 Å². The van der Waals surface area contributed by atoms with E-state index in [9.17, 15) is 4.79 Å². The molecule has 1 fully saturated rings. The first kappa shape index (κ1) is 28.0. The third-order valence-electron chi connectivity index (χ3n) is 7.41. The first-order chi connectivity index (χ1) is 20.0. The van der Waals surface area contributed by atoms with Gasteiger partial charge in [-0.3, -0.25) is 4.79 Å². The van der Waals surface area contributed by atoms with Crippen LogP contribution in [0.5, 0.6) is 23.0 Å². The van der Waals surface area contributed by atoms with Crippen LogP contribution < -0.4 is 24.4 Å². The average Bonchev–Trinajstić information content (AvgIpc) is 3.02. The standard InChI is InChI=1S/C32H37N5O4/c1-5-36(6-2)31(38)22-11-10-18-37(21-22)32-34-27-20-29(40-4)28(39-3)19-26(27)30(35-32)33-23-14-16-25(17-15-23)41-24-12-8-7-9-13-24/h7-9,12-17,19-20,22H,5-6,10-11,18,21H2,1-4H3,(H,33,34,35). The Balaban J connectivity index is 1.47. The summed E-state index contributed by atoms with van der Waals surface area (Å²) in [4.78, 5) is 27.1. The summed E-state index contributed by atoms with van der Waals surface area (Å²) in [6.45, 7) is 6.83. The van der Waals surface area contributed by atoms with E-state index in [1.807, 2.05) is 85.5 Å². The minimum atomic E-state index is -0.0816. The van der Waals surface area contributed by atoms with Gasteiger partial charge in [-0.2, -0.15) is 4.98 Å². The molecule has 1 aromatic heterocycles. The lowest BCUT2D eigenvalue weighted by Gasteiger charge is -2.34. The van der Waals surface area contributed by atoms with E-state index in [0.717, 1.165) is 47.5 Å². The number of fused-ring (bicyclic) bond motifs is 1. The molecule has 0 spiro atoms. The van der Waals surface area contributed by atoms with Gasteiger partial charge in [-0.05, 0) is 69.2 Å². The van der Waals surface area contributed by atoms with Gasteiger partial charge in [0.15, 0.2) is 11.5 Å². The first-order valence-electron chi connectivity index (χ1n) is 14.1. The quantitative estimate of drug-likeness (QED) is 0.245. The summed E-state index contributed by atoms with van der Waals surface area (Å²) in [7, 11) is 3.22. The fraction of sp³-hybridized carbons (Fsp3) is 0.344. The van der Waals surface area contributed by atoms with E-state index in [1.165, 1.54) is 0 Å². The van der Waals surface area contributed by atoms with Gasteiger partial charge in [0.25, 0.3) is 0 Å². The van der Waals surface area contributed by atoms with Gasteiger partial charge >= 0.3 is 0 Å². The third kappa shape index (κ3) is 6.29. The lowest BCUT2D eigenvalue weighted by Crippen LogP contribution is -2.45. The molecular formula is C32H37N5O4. The molecule has 0 radical (unpaired) electrons. The molecule has 2 heterocycles. The Morgan fingerprint density at radius 3 is 2.32 bits per heavy atom. The number of rotatable bonds is 10. The van der Waals surface area contributed by atoms with Crippen LogP contribution in [0.3, 0.4) is 0 Å². The van der Waals surface area contributed by atoms with E-state index in [4.69, 9.17) is 24.2 Å². The number of piperidine rings is 1. The summed E-state index contributed by atoms with van der Waals surface area (Å²) in [5.74, 6) is 4.02. The maximum absolute atomic E-state index is 13.2. The number of hydrogen-bond donors (Lipinski definition) is 1. The molecule has 1 N–H and O–H groups in total. The largest absolute Gasteiger partial charge is 0.493 e. The molecule has 3 aromatic carbocycles. The van der Waals surface area contributed by atoms with Crippen molar-refractivity contribution < 1.29 is 19.0 Å². The molecule has 1 amide bonds. The van der Waals surface area contributed by atoms with Gasteiger partial charge in [-0.1, -0.05) is 18.2 Å². The molecule has 4 aromatic rings. The van der Waals surface area contributed by atoms with Gasteiger partial charge < -0.3 is 29.3 Å². The van der Waals surface area contributed by atoms with Crippen molar-refractivity contribution in [3.05, 3.63) is 66.7 Å². The van der Waals surface area contributed by atoms with Crippen molar-refractivity contribution in [3.63, 3.8) is 0 Å². The van der Waals surface area contributed by atoms with E-state index < -0.39 is 0 Å². The summed E-state index contributed by atoms with van der Waals surface area (Å²) in [5.41, 5.74) is 1.57. The Kier molecular flexibility index (Phi) is 8.72. The molecule has 9 nitrogen and oxygen atoms in total. The van der Waals surface area contributed by atoms with Gasteiger partial charge in [0.1, 0.15) is 17.3 Å². The second kappa shape index (κ2) is 12.8. The second-order valence-corrected chi connectivity index (χ2v) is 9.96. The number of amides is 1. The smallest absolute Gasteiger partial charge is 0.227 e. The Morgan fingerprint density at radius 1 is 0.951 bits per heavy atom. The van der Waals surface area contributed by atoms with Gasteiger partial charge in [-0.15, -0.1) is 0 Å². The van der Waals surface area contributed by atoms with Gasteiger partial charge in [-0.25, -0.2) is 4.98 Å². The van der Waals surface area contributed by atoms with Crippen molar-refractivity contribution in [1.29, 1.82) is 0 Å². The number of nitrogens with one attached hydrogen (secondary N) is 1. The Morgan fingerprint density at radius 2 is 1.63 bits per heavy atom. The molecule has 0 bridgehead atoms. The van der Waals surface area contributed by atoms with Crippen LogP contribution in [0.2, 0.25) is 0 Å². The zero-order chi connectivity index (χ0) is 28.8. The van der Waals surface area contributed by atoms with Crippen LogP contribution in [0.4, 0.5) is 17.5 Å². The van der Waals surface area contributed by atoms with Gasteiger partial charge in [0, 0.05) is 43.3 Å². The molecule has 1 aliphatic heterocycles. The molecule has 1 aliphatic rings. The highest BCUT2D eigenvalue weighted by Gasteiger charge is 2.30. The maximum Gasteiger partial charge on any atom is 0.227 e. The average molecular weight is 556 g/mol. The van der Waals surface area contributed by atoms with E-state index in [1.54, 1.807) is 14.2 Å². The summed E-state index contributed by atoms with van der Waals surface area (Å²) < 4.78 is 17.1. The highest BCUT2D eigenvalue weighted by Crippen LogP contribution is 2.37. The zero-order valence-corrected chi connectivity index (χ0v) is 24.1. The van der Waals surface area contributed by atoms with Crippen molar-refractivity contribution in [2.45, 2.75) is 26.7 Å². The summed E-state index contributed by atoms with van der Waals surface area (Å²) in [5, 5.41) is 4.27. The molecule has 1 unspecified atom stereocenters. The van der Waals surface area contributed by atoms with Crippen molar-refractivity contribution in [3.8, 4) is 23.0 Å². The number of nitrogens with zero attached hydrogens (tertiary/aromatic N) is 4. The number of carbonyl (C=O) groups excluding carboxylic acids is 1. The predicted octanol–water partition coefficient (Wildman–Crippen LogP) is 6.27. The van der Waals surface area contributed by atoms with Crippen LogP contribution in [0.15, 0.2) is 66.7 Å². The number of ether oxygens (including phenoxy) is 3. The van der Waals surface area contributed by atoms with Crippen molar-refractivity contribution in [2.75, 3.05) is 50.6 Å². The fourth-order valence-electron chi connectivity index (χ4n) is 5.20. The van der Waals surface area contributed by atoms with Crippen LogP contribution in [0.1, 0.15) is 26.7 Å². The first-order valence-corrected chi connectivity index (χ1v) is 14.1. The molecule has 5 rings (SSSR count). The predicted molar refractivity (Wildman–Crippen MR) is 162 cm³/mol. The maximum atomic E-state index is 13.2. The molecule has 1 saturated heterocycles. The van der Waals surface area contributed by atoms with Crippen LogP contribution in [-0.2, 0) is 4.79 Å². The second-order valence-electron chi connectivity index (χ2n) is 9.96. The number of para-hydroxylation sites is 1. The molecule has 0 aliphatic carbocycles. The van der Waals surface area contributed by atoms with E-state index in [-0.39, 0.29) is 11.8 Å². The number of benzene rings is 3. The molecule has 1 atom stereocenters. The summed E-state index contributed by atoms with van der Waals surface area (Å²) in [6, 6.07) is 21.2. The fourth-order valence-corrected chi connectivity index (χ4v) is 5.20. The highest BCUT2D eigenvalue weighted by molar-refractivity contribution is 5.94. The monoisotopic (exact) mass is 555 g/mol. The van der Waals surface area contributed by atoms with Gasteiger partial charge in [0.05, 0.1) is 25.7 Å². The summed E-state index contributed by atoms with van der Waals surface area (Å²) in [6.07, 6.45) is 1.77. The Bertz CT molecular complexity index is 1480. The molecule has 41 heavy (non-hydrogen) atoms. The SMILES string of the molecule is CCN(CC)C(=O)C1CCCN(c2nc(Nc3ccc(Oc4ccccc4)cc3)c3cc(OC)c(OC)cc3n2)C1. The minimum Gasteiger partial charge on any atom is -0.493 e. The molecule has 0 saturated carbocycles. The summed E-state index contributed by atoms with van der Waals surface area (Å²) >= 11 is 0. The van der Waals surface area contributed by atoms with Crippen molar-refractivity contribution in [2.24, 2.45) is 5.92 Å². The lowest BCUT2D eigenvalue weighted by atomic mass is 9.96. The zero-order valence-electron chi connectivity index (χ0n) is 24.1. The van der Waals surface area contributed by atoms with E-state index in [0.29, 0.717) is 42.9 Å². The number of aromatic nitrogens is 2. The van der Waals surface area contributed by atoms with Crippen molar-refractivity contribution >= 4 is 34.3 Å². The molecule has 214 valence electrons. The number of hydrogen-bond acceptors (Lipinski definition) is 8. The van der Waals surface area contributed by atoms with Crippen LogP contribution in [-0.4, -0.2) is 61.2 Å². The van der Waals surface area contributed by atoms with Crippen LogP contribution in [0, 0.1) is 5.92 Å². The minimum absolute atomic E-state index is 0.0816. The van der Waals surface area contributed by atoms with Crippen LogP contribution in [0.25, 0.3) is 10.9 Å². The normalized spacial score (nSPS) is 14.9. The highest BCUT2D eigenvalue weighted by atomic mass is 16.5. The Labute approximate surface area is 241 Å². The van der Waals surface area contributed by atoms with E-state index >= 15 is 0 Å². The van der Waals surface area contributed by atoms with Crippen molar-refractivity contribution in [1.82, 2.24) is 14.9 Å². The number of methoxy groups -OCH3 is 2. The van der Waals surface area contributed by atoms with Gasteiger partial charge in [0.2, 0.25) is 11.9 Å². The third-order valence-corrected chi connectivity index (χ3v) is 7.41. The Hall–Kier alpha value is -4.53. The molecular weight excluding hydrogens is 518 g/mol.